The Hall–Kier alpha value is -4.82. The minimum absolute atomic E-state index is 1.16. The minimum atomic E-state index is 1.16. The molecular weight excluding hydrogens is 448 g/mol. The summed E-state index contributed by atoms with van der Waals surface area (Å²) in [6.07, 6.45) is 0. The van der Waals surface area contributed by atoms with Crippen molar-refractivity contribution in [3.63, 3.8) is 0 Å². The Kier molecular flexibility index (Phi) is 5.04. The molecular formula is C35H26N2. The van der Waals surface area contributed by atoms with Crippen molar-refractivity contribution in [2.75, 3.05) is 11.9 Å². The number of rotatable bonds is 4. The lowest BCUT2D eigenvalue weighted by atomic mass is 10.0. The van der Waals surface area contributed by atoms with E-state index in [-0.39, 0.29) is 0 Å². The molecule has 0 aliphatic heterocycles. The first kappa shape index (κ1) is 21.5. The predicted octanol–water partition coefficient (Wildman–Crippen LogP) is 9.37. The Bertz CT molecular complexity index is 1840. The van der Waals surface area contributed by atoms with Crippen LogP contribution in [0.25, 0.3) is 49.4 Å². The highest BCUT2D eigenvalue weighted by Crippen LogP contribution is 2.38. The third kappa shape index (κ3) is 3.49. The van der Waals surface area contributed by atoms with Crippen LogP contribution in [0.3, 0.4) is 0 Å². The molecule has 0 amide bonds. The second-order valence-corrected chi connectivity index (χ2v) is 9.49. The van der Waals surface area contributed by atoms with Gasteiger partial charge in [0.05, 0.1) is 16.7 Å². The molecule has 7 aromatic rings. The van der Waals surface area contributed by atoms with Gasteiger partial charge in [0.25, 0.3) is 0 Å². The van der Waals surface area contributed by atoms with E-state index in [9.17, 15) is 0 Å². The second kappa shape index (κ2) is 8.69. The van der Waals surface area contributed by atoms with Crippen molar-refractivity contribution >= 4 is 44.0 Å². The van der Waals surface area contributed by atoms with Crippen LogP contribution in [-0.4, -0.2) is 11.6 Å². The summed E-state index contributed by atoms with van der Waals surface area (Å²) < 4.78 is 2.41. The SMILES string of the molecule is CN(c1cccc(-c2ccccc2)c1)c1cccc2c(-n3c4ccccc4c4ccccc43)cccc12. The van der Waals surface area contributed by atoms with Gasteiger partial charge >= 0.3 is 0 Å². The maximum absolute atomic E-state index is 2.41. The Morgan fingerprint density at radius 3 is 1.78 bits per heavy atom. The number of hydrogen-bond acceptors (Lipinski definition) is 1. The number of fused-ring (bicyclic) bond motifs is 4. The van der Waals surface area contributed by atoms with E-state index in [4.69, 9.17) is 0 Å². The van der Waals surface area contributed by atoms with Crippen molar-refractivity contribution in [2.45, 2.75) is 0 Å². The molecule has 0 saturated carbocycles. The lowest BCUT2D eigenvalue weighted by molar-refractivity contribution is 1.19. The second-order valence-electron chi connectivity index (χ2n) is 9.49. The summed E-state index contributed by atoms with van der Waals surface area (Å²) in [5.74, 6) is 0. The molecule has 0 saturated heterocycles. The van der Waals surface area contributed by atoms with E-state index in [2.05, 4.69) is 156 Å². The highest BCUT2D eigenvalue weighted by atomic mass is 15.1. The number of nitrogens with zero attached hydrogens (tertiary/aromatic N) is 2. The first-order chi connectivity index (χ1) is 18.3. The Morgan fingerprint density at radius 2 is 1.03 bits per heavy atom. The zero-order chi connectivity index (χ0) is 24.8. The van der Waals surface area contributed by atoms with E-state index < -0.39 is 0 Å². The normalized spacial score (nSPS) is 11.4. The standard InChI is InChI=1S/C35H26N2/c1-36(27-15-9-14-26(24-27)25-12-3-2-4-13-25)32-22-10-19-31-28(32)18-11-23-35(31)37-33-20-7-5-16-29(33)30-17-6-8-21-34(30)37/h2-24H,1H3. The van der Waals surface area contributed by atoms with Gasteiger partial charge in [0.15, 0.2) is 0 Å². The summed E-state index contributed by atoms with van der Waals surface area (Å²) in [7, 11) is 2.16. The first-order valence-corrected chi connectivity index (χ1v) is 12.7. The molecule has 6 aromatic carbocycles. The van der Waals surface area contributed by atoms with Crippen LogP contribution in [0, 0.1) is 0 Å². The summed E-state index contributed by atoms with van der Waals surface area (Å²) in [4.78, 5) is 2.30. The van der Waals surface area contributed by atoms with E-state index in [1.165, 1.54) is 55.1 Å². The van der Waals surface area contributed by atoms with Crippen molar-refractivity contribution < 1.29 is 0 Å². The number of benzene rings is 6. The number of hydrogen-bond donors (Lipinski definition) is 0. The van der Waals surface area contributed by atoms with Crippen LogP contribution in [0.5, 0.6) is 0 Å². The van der Waals surface area contributed by atoms with Crippen molar-refractivity contribution in [1.29, 1.82) is 0 Å². The average Bonchev–Trinajstić information content (AvgIpc) is 3.31. The minimum Gasteiger partial charge on any atom is -0.344 e. The Labute approximate surface area is 216 Å². The van der Waals surface area contributed by atoms with Gasteiger partial charge in [-0.1, -0.05) is 103 Å². The molecule has 37 heavy (non-hydrogen) atoms. The van der Waals surface area contributed by atoms with E-state index >= 15 is 0 Å². The van der Waals surface area contributed by atoms with E-state index in [1.807, 2.05) is 0 Å². The molecule has 0 radical (unpaired) electrons. The van der Waals surface area contributed by atoms with Gasteiger partial charge in [-0.05, 0) is 47.5 Å². The molecule has 0 fully saturated rings. The average molecular weight is 475 g/mol. The quantitative estimate of drug-likeness (QED) is 0.247. The molecule has 1 aromatic heterocycles. The summed E-state index contributed by atoms with van der Waals surface area (Å²) >= 11 is 0. The molecule has 0 spiro atoms. The lowest BCUT2D eigenvalue weighted by Crippen LogP contribution is -2.10. The molecule has 1 heterocycles. The van der Waals surface area contributed by atoms with E-state index in [0.29, 0.717) is 0 Å². The molecule has 0 unspecified atom stereocenters. The van der Waals surface area contributed by atoms with Crippen molar-refractivity contribution in [2.24, 2.45) is 0 Å². The predicted molar refractivity (Wildman–Crippen MR) is 158 cm³/mol. The van der Waals surface area contributed by atoms with Gasteiger partial charge in [-0.25, -0.2) is 0 Å². The monoisotopic (exact) mass is 474 g/mol. The maximum Gasteiger partial charge on any atom is 0.0541 e. The first-order valence-electron chi connectivity index (χ1n) is 12.7. The van der Waals surface area contributed by atoms with Gasteiger partial charge in [0.1, 0.15) is 0 Å². The molecule has 0 atom stereocenters. The summed E-state index contributed by atoms with van der Waals surface area (Å²) in [5, 5.41) is 5.02. The molecule has 176 valence electrons. The fourth-order valence-corrected chi connectivity index (χ4v) is 5.61. The third-order valence-corrected chi connectivity index (χ3v) is 7.40. The van der Waals surface area contributed by atoms with Crippen molar-refractivity contribution in [3.8, 4) is 16.8 Å². The van der Waals surface area contributed by atoms with Crippen LogP contribution in [-0.2, 0) is 0 Å². The lowest BCUT2D eigenvalue weighted by Gasteiger charge is -2.23. The van der Waals surface area contributed by atoms with Crippen LogP contribution < -0.4 is 4.90 Å². The summed E-state index contributed by atoms with van der Waals surface area (Å²) in [6.45, 7) is 0. The summed E-state index contributed by atoms with van der Waals surface area (Å²) in [6, 6.07) is 50.0. The zero-order valence-electron chi connectivity index (χ0n) is 20.7. The molecule has 0 N–H and O–H groups in total. The molecule has 2 heteroatoms. The van der Waals surface area contributed by atoms with Gasteiger partial charge in [-0.15, -0.1) is 0 Å². The third-order valence-electron chi connectivity index (χ3n) is 7.40. The van der Waals surface area contributed by atoms with Gasteiger partial charge < -0.3 is 9.47 Å². The van der Waals surface area contributed by atoms with Gasteiger partial charge in [-0.2, -0.15) is 0 Å². The fraction of sp³-hybridized carbons (Fsp3) is 0.0286. The van der Waals surface area contributed by atoms with Gasteiger partial charge in [0, 0.05) is 40.0 Å². The highest BCUT2D eigenvalue weighted by molar-refractivity contribution is 6.11. The van der Waals surface area contributed by atoms with Crippen LogP contribution in [0.4, 0.5) is 11.4 Å². The molecule has 0 aliphatic rings. The largest absolute Gasteiger partial charge is 0.344 e. The highest BCUT2D eigenvalue weighted by Gasteiger charge is 2.16. The smallest absolute Gasteiger partial charge is 0.0541 e. The van der Waals surface area contributed by atoms with Crippen molar-refractivity contribution in [3.05, 3.63) is 140 Å². The fourth-order valence-electron chi connectivity index (χ4n) is 5.61. The Morgan fingerprint density at radius 1 is 0.459 bits per heavy atom. The van der Waals surface area contributed by atoms with Crippen LogP contribution in [0.1, 0.15) is 0 Å². The van der Waals surface area contributed by atoms with Crippen LogP contribution in [0.2, 0.25) is 0 Å². The van der Waals surface area contributed by atoms with Gasteiger partial charge in [-0.3, -0.25) is 0 Å². The van der Waals surface area contributed by atoms with Crippen LogP contribution >= 0.6 is 0 Å². The molecule has 0 aliphatic carbocycles. The number of aromatic nitrogens is 1. The molecule has 2 nitrogen and oxygen atoms in total. The summed E-state index contributed by atoms with van der Waals surface area (Å²) in [5.41, 5.74) is 8.45. The zero-order valence-corrected chi connectivity index (χ0v) is 20.7. The molecule has 7 rings (SSSR count). The molecule has 0 bridgehead atoms. The van der Waals surface area contributed by atoms with E-state index in [1.54, 1.807) is 0 Å². The number of para-hydroxylation sites is 2. The van der Waals surface area contributed by atoms with Crippen LogP contribution in [0.15, 0.2) is 140 Å². The van der Waals surface area contributed by atoms with E-state index in [0.717, 1.165) is 5.69 Å². The topological polar surface area (TPSA) is 8.17 Å². The number of anilines is 2. The van der Waals surface area contributed by atoms with Crippen molar-refractivity contribution in [1.82, 2.24) is 4.57 Å². The Balaban J connectivity index is 1.41. The van der Waals surface area contributed by atoms with Gasteiger partial charge in [0.2, 0.25) is 0 Å². The maximum atomic E-state index is 2.41.